The number of halogens is 2. The van der Waals surface area contributed by atoms with Crippen LogP contribution < -0.4 is 5.32 Å². The maximum Gasteiger partial charge on any atom is 0.149 e. The van der Waals surface area contributed by atoms with Gasteiger partial charge in [-0.1, -0.05) is 11.6 Å². The quantitative estimate of drug-likeness (QED) is 0.925. The summed E-state index contributed by atoms with van der Waals surface area (Å²) in [5.74, 6) is 0.0993. The second-order valence-corrected chi connectivity index (χ2v) is 7.24. The average Bonchev–Trinajstić information content (AvgIpc) is 2.06. The summed E-state index contributed by atoms with van der Waals surface area (Å²) in [5.41, 5.74) is 0.834. The monoisotopic (exact) mass is 325 g/mol. The van der Waals surface area contributed by atoms with E-state index >= 15 is 0 Å². The number of nitrogens with one attached hydrogen (secondary N) is 1. The third kappa shape index (κ3) is 4.72. The van der Waals surface area contributed by atoms with Crippen LogP contribution in [0.15, 0.2) is 22.7 Å². The summed E-state index contributed by atoms with van der Waals surface area (Å²) in [7, 11) is -2.97. The van der Waals surface area contributed by atoms with Gasteiger partial charge < -0.3 is 5.32 Å². The Hall–Kier alpha value is -0.260. The van der Waals surface area contributed by atoms with Gasteiger partial charge in [-0.2, -0.15) is 0 Å². The van der Waals surface area contributed by atoms with Crippen LogP contribution in [0.25, 0.3) is 0 Å². The lowest BCUT2D eigenvalue weighted by Gasteiger charge is -2.15. The van der Waals surface area contributed by atoms with Crippen LogP contribution in [-0.2, 0) is 9.84 Å². The molecule has 0 aliphatic heterocycles. The normalized spacial score (nSPS) is 13.5. The fraction of sp³-hybridized carbons (Fsp3) is 0.400. The van der Waals surface area contributed by atoms with Crippen molar-refractivity contribution in [1.82, 2.24) is 0 Å². The summed E-state index contributed by atoms with van der Waals surface area (Å²) < 4.78 is 23.0. The first kappa shape index (κ1) is 13.8. The molecule has 0 bridgehead atoms. The van der Waals surface area contributed by atoms with Crippen molar-refractivity contribution in [2.24, 2.45) is 0 Å². The number of rotatable bonds is 4. The van der Waals surface area contributed by atoms with Crippen molar-refractivity contribution in [3.63, 3.8) is 0 Å². The molecule has 3 nitrogen and oxygen atoms in total. The summed E-state index contributed by atoms with van der Waals surface area (Å²) in [4.78, 5) is 0. The van der Waals surface area contributed by atoms with Gasteiger partial charge in [-0.05, 0) is 41.1 Å². The topological polar surface area (TPSA) is 46.2 Å². The summed E-state index contributed by atoms with van der Waals surface area (Å²) >= 11 is 9.17. The molecule has 0 radical (unpaired) electrons. The van der Waals surface area contributed by atoms with E-state index in [0.29, 0.717) is 5.02 Å². The van der Waals surface area contributed by atoms with Gasteiger partial charge in [-0.15, -0.1) is 0 Å². The van der Waals surface area contributed by atoms with Crippen LogP contribution in [0.2, 0.25) is 5.02 Å². The highest BCUT2D eigenvalue weighted by Gasteiger charge is 2.11. The minimum absolute atomic E-state index is 0.0993. The molecule has 90 valence electrons. The Morgan fingerprint density at radius 1 is 1.50 bits per heavy atom. The summed E-state index contributed by atoms with van der Waals surface area (Å²) in [6, 6.07) is 5.18. The number of anilines is 1. The highest BCUT2D eigenvalue weighted by atomic mass is 79.9. The first-order chi connectivity index (χ1) is 7.28. The van der Waals surface area contributed by atoms with Gasteiger partial charge in [0.2, 0.25) is 0 Å². The molecule has 0 heterocycles. The molecular weight excluding hydrogens is 314 g/mol. The molecule has 1 rings (SSSR count). The van der Waals surface area contributed by atoms with Crippen molar-refractivity contribution in [3.05, 3.63) is 27.7 Å². The van der Waals surface area contributed by atoms with Gasteiger partial charge in [0.1, 0.15) is 9.84 Å². The van der Waals surface area contributed by atoms with Crippen molar-refractivity contribution < 1.29 is 8.42 Å². The average molecular weight is 327 g/mol. The van der Waals surface area contributed by atoms with Crippen LogP contribution in [0.5, 0.6) is 0 Å². The highest BCUT2D eigenvalue weighted by Crippen LogP contribution is 2.26. The van der Waals surface area contributed by atoms with Gasteiger partial charge >= 0.3 is 0 Å². The number of sulfone groups is 1. The number of hydrogen-bond acceptors (Lipinski definition) is 3. The summed E-state index contributed by atoms with van der Waals surface area (Å²) in [6.07, 6.45) is 1.22. The Morgan fingerprint density at radius 3 is 2.62 bits per heavy atom. The molecule has 1 N–H and O–H groups in total. The van der Waals surface area contributed by atoms with Gasteiger partial charge in [0.25, 0.3) is 0 Å². The van der Waals surface area contributed by atoms with Gasteiger partial charge in [-0.25, -0.2) is 8.42 Å². The smallest absolute Gasteiger partial charge is 0.149 e. The maximum absolute atomic E-state index is 11.1. The molecule has 0 fully saturated rings. The molecular formula is C10H13BrClNO2S. The zero-order valence-corrected chi connectivity index (χ0v) is 12.2. The van der Waals surface area contributed by atoms with Crippen molar-refractivity contribution >= 4 is 43.1 Å². The van der Waals surface area contributed by atoms with E-state index < -0.39 is 9.84 Å². The first-order valence-electron chi connectivity index (χ1n) is 4.67. The lowest BCUT2D eigenvalue weighted by molar-refractivity contribution is 0.598. The summed E-state index contributed by atoms with van der Waals surface area (Å²) in [6.45, 7) is 1.82. The molecule has 1 unspecified atom stereocenters. The van der Waals surface area contributed by atoms with Crippen LogP contribution >= 0.6 is 27.5 Å². The molecule has 0 aliphatic rings. The van der Waals surface area contributed by atoms with E-state index in [9.17, 15) is 8.42 Å². The van der Waals surface area contributed by atoms with E-state index in [0.717, 1.165) is 10.2 Å². The predicted octanol–water partition coefficient (Wildman–Crippen LogP) is 2.95. The SMILES string of the molecule is CC(CS(C)(=O)=O)Nc1ccc(Cl)cc1Br. The molecule has 1 atom stereocenters. The van der Waals surface area contributed by atoms with Crippen LogP contribution in [0.4, 0.5) is 5.69 Å². The van der Waals surface area contributed by atoms with Crippen LogP contribution in [0, 0.1) is 0 Å². The highest BCUT2D eigenvalue weighted by molar-refractivity contribution is 9.10. The van der Waals surface area contributed by atoms with Crippen molar-refractivity contribution in [3.8, 4) is 0 Å². The van der Waals surface area contributed by atoms with Crippen LogP contribution in [0.3, 0.4) is 0 Å². The fourth-order valence-corrected chi connectivity index (χ4v) is 3.16. The predicted molar refractivity (Wildman–Crippen MR) is 71.9 cm³/mol. The minimum atomic E-state index is -2.97. The minimum Gasteiger partial charge on any atom is -0.381 e. The maximum atomic E-state index is 11.1. The second kappa shape index (κ2) is 5.38. The van der Waals surface area contributed by atoms with Gasteiger partial charge in [0.05, 0.1) is 5.75 Å². The van der Waals surface area contributed by atoms with E-state index in [4.69, 9.17) is 11.6 Å². The van der Waals surface area contributed by atoms with E-state index in [1.165, 1.54) is 6.26 Å². The lowest BCUT2D eigenvalue weighted by Crippen LogP contribution is -2.25. The molecule has 16 heavy (non-hydrogen) atoms. The molecule has 0 spiro atoms. The molecule has 1 aromatic rings. The molecule has 0 saturated heterocycles. The zero-order chi connectivity index (χ0) is 12.3. The van der Waals surface area contributed by atoms with E-state index in [2.05, 4.69) is 21.2 Å². The molecule has 0 saturated carbocycles. The molecule has 0 aromatic heterocycles. The van der Waals surface area contributed by atoms with Crippen molar-refractivity contribution in [2.45, 2.75) is 13.0 Å². The largest absolute Gasteiger partial charge is 0.381 e. The Balaban J connectivity index is 2.73. The van der Waals surface area contributed by atoms with Crippen molar-refractivity contribution in [2.75, 3.05) is 17.3 Å². The summed E-state index contributed by atoms with van der Waals surface area (Å²) in [5, 5.41) is 3.74. The number of benzene rings is 1. The molecule has 6 heteroatoms. The Kier molecular flexibility index (Phi) is 4.64. The second-order valence-electron chi connectivity index (χ2n) is 3.76. The standard InChI is InChI=1S/C10H13BrClNO2S/c1-7(6-16(2,14)15)13-10-4-3-8(12)5-9(10)11/h3-5,7,13H,6H2,1-2H3. The molecule has 0 aliphatic carbocycles. The Morgan fingerprint density at radius 2 is 2.12 bits per heavy atom. The van der Waals surface area contributed by atoms with E-state index in [1.807, 2.05) is 13.0 Å². The Labute approximate surface area is 109 Å². The van der Waals surface area contributed by atoms with E-state index in [1.54, 1.807) is 12.1 Å². The van der Waals surface area contributed by atoms with Gasteiger partial charge in [0.15, 0.2) is 0 Å². The van der Waals surface area contributed by atoms with Crippen LogP contribution in [0.1, 0.15) is 6.92 Å². The van der Waals surface area contributed by atoms with Crippen molar-refractivity contribution in [1.29, 1.82) is 0 Å². The van der Waals surface area contributed by atoms with Crippen LogP contribution in [-0.4, -0.2) is 26.5 Å². The van der Waals surface area contributed by atoms with E-state index in [-0.39, 0.29) is 11.8 Å². The zero-order valence-electron chi connectivity index (χ0n) is 9.00. The van der Waals surface area contributed by atoms with Gasteiger partial charge in [0, 0.05) is 27.5 Å². The molecule has 1 aromatic carbocycles. The third-order valence-corrected chi connectivity index (χ3v) is 3.88. The Bertz CT molecular complexity index is 476. The number of hydrogen-bond donors (Lipinski definition) is 1. The lowest BCUT2D eigenvalue weighted by atomic mass is 10.3. The third-order valence-electron chi connectivity index (χ3n) is 1.89. The fourth-order valence-electron chi connectivity index (χ4n) is 1.37. The van der Waals surface area contributed by atoms with Gasteiger partial charge in [-0.3, -0.25) is 0 Å². The first-order valence-corrected chi connectivity index (χ1v) is 7.90. The molecule has 0 amide bonds.